The molecule has 2 amide bonds. The number of carbonyl (C=O) groups is 1. The summed E-state index contributed by atoms with van der Waals surface area (Å²) < 4.78 is 0. The average molecular weight is 205 g/mol. The third-order valence-electron chi connectivity index (χ3n) is 2.26. The monoisotopic (exact) mass is 205 g/mol. The predicted octanol–water partition coefficient (Wildman–Crippen LogP) is 1.83. The van der Waals surface area contributed by atoms with Gasteiger partial charge in [0, 0.05) is 13.6 Å². The van der Waals surface area contributed by atoms with Crippen molar-refractivity contribution in [3.63, 3.8) is 0 Å². The summed E-state index contributed by atoms with van der Waals surface area (Å²) in [6.45, 7) is 0.613. The summed E-state index contributed by atoms with van der Waals surface area (Å²) in [5.41, 5.74) is 6.41. The molecule has 1 rings (SSSR count). The molecule has 2 N–H and O–H groups in total. The van der Waals surface area contributed by atoms with Gasteiger partial charge in [-0.1, -0.05) is 30.3 Å². The Morgan fingerprint density at radius 3 is 2.67 bits per heavy atom. The first kappa shape index (κ1) is 11.6. The number of nitrogens with zero attached hydrogens (tertiary/aromatic N) is 1. The first-order valence-electron chi connectivity index (χ1n) is 5.06. The molecule has 0 heterocycles. The molecule has 0 atom stereocenters. The molecule has 0 bridgehead atoms. The van der Waals surface area contributed by atoms with Crippen molar-refractivity contribution in [2.45, 2.75) is 12.8 Å². The van der Waals surface area contributed by atoms with Crippen molar-refractivity contribution in [2.24, 2.45) is 5.73 Å². The molecule has 0 aliphatic rings. The number of benzene rings is 1. The standard InChI is InChI=1S/C12H17N2O/c1-14(12(13)15)10-6-5-9-11-7-3-2-4-8-11/h2-4,6-8H,5,9-10H2,1H3,(H2,13,15). The van der Waals surface area contributed by atoms with Gasteiger partial charge in [0.25, 0.3) is 0 Å². The second kappa shape index (κ2) is 6.06. The van der Waals surface area contributed by atoms with Crippen LogP contribution in [0.4, 0.5) is 4.79 Å². The quantitative estimate of drug-likeness (QED) is 0.732. The predicted molar refractivity (Wildman–Crippen MR) is 61.3 cm³/mol. The summed E-state index contributed by atoms with van der Waals surface area (Å²) in [6.07, 6.45) is 4.03. The van der Waals surface area contributed by atoms with Gasteiger partial charge in [0.1, 0.15) is 0 Å². The summed E-state index contributed by atoms with van der Waals surface area (Å²) in [5, 5.41) is 0. The van der Waals surface area contributed by atoms with Gasteiger partial charge in [0.15, 0.2) is 0 Å². The van der Waals surface area contributed by atoms with E-state index in [0.717, 1.165) is 12.8 Å². The van der Waals surface area contributed by atoms with Gasteiger partial charge in [-0.3, -0.25) is 0 Å². The number of primary amides is 1. The van der Waals surface area contributed by atoms with E-state index >= 15 is 0 Å². The fraction of sp³-hybridized carbons (Fsp3) is 0.333. The van der Waals surface area contributed by atoms with Gasteiger partial charge in [-0.15, -0.1) is 0 Å². The molecule has 0 saturated heterocycles. The van der Waals surface area contributed by atoms with Crippen molar-refractivity contribution >= 4 is 6.03 Å². The Morgan fingerprint density at radius 1 is 1.40 bits per heavy atom. The Kier molecular flexibility index (Phi) is 4.68. The van der Waals surface area contributed by atoms with E-state index in [2.05, 4.69) is 18.6 Å². The number of rotatable bonds is 5. The van der Waals surface area contributed by atoms with E-state index in [1.54, 1.807) is 7.05 Å². The molecule has 3 heteroatoms. The zero-order chi connectivity index (χ0) is 11.1. The first-order valence-corrected chi connectivity index (χ1v) is 5.06. The fourth-order valence-electron chi connectivity index (χ4n) is 1.29. The SMILES string of the molecule is CN(C[CH]CCc1ccccc1)C(N)=O. The number of amides is 2. The summed E-state index contributed by atoms with van der Waals surface area (Å²) >= 11 is 0. The summed E-state index contributed by atoms with van der Waals surface area (Å²) in [7, 11) is 1.70. The molecule has 1 aromatic carbocycles. The van der Waals surface area contributed by atoms with Crippen LogP contribution in [0.15, 0.2) is 30.3 Å². The molecule has 0 unspecified atom stereocenters. The second-order valence-corrected chi connectivity index (χ2v) is 3.53. The maximum Gasteiger partial charge on any atom is 0.314 e. The third-order valence-corrected chi connectivity index (χ3v) is 2.26. The van der Waals surface area contributed by atoms with Gasteiger partial charge in [-0.05, 0) is 24.8 Å². The average Bonchev–Trinajstić information content (AvgIpc) is 2.25. The van der Waals surface area contributed by atoms with Gasteiger partial charge < -0.3 is 10.6 Å². The highest BCUT2D eigenvalue weighted by Crippen LogP contribution is 2.04. The van der Waals surface area contributed by atoms with Crippen molar-refractivity contribution < 1.29 is 4.79 Å². The van der Waals surface area contributed by atoms with Crippen LogP contribution in [0.1, 0.15) is 12.0 Å². The Hall–Kier alpha value is -1.51. The van der Waals surface area contributed by atoms with Crippen LogP contribution in [0.25, 0.3) is 0 Å². The zero-order valence-electron chi connectivity index (χ0n) is 9.02. The van der Waals surface area contributed by atoms with E-state index in [1.807, 2.05) is 18.2 Å². The fourth-order valence-corrected chi connectivity index (χ4v) is 1.29. The molecule has 15 heavy (non-hydrogen) atoms. The number of urea groups is 1. The third kappa shape index (κ3) is 4.49. The Bertz CT molecular complexity index is 298. The highest BCUT2D eigenvalue weighted by Gasteiger charge is 2.01. The van der Waals surface area contributed by atoms with E-state index in [9.17, 15) is 4.79 Å². The van der Waals surface area contributed by atoms with Crippen LogP contribution >= 0.6 is 0 Å². The lowest BCUT2D eigenvalue weighted by atomic mass is 10.1. The first-order chi connectivity index (χ1) is 7.20. The van der Waals surface area contributed by atoms with E-state index in [0.29, 0.717) is 6.54 Å². The minimum Gasteiger partial charge on any atom is -0.351 e. The van der Waals surface area contributed by atoms with Crippen LogP contribution in [0.3, 0.4) is 0 Å². The molecule has 0 aliphatic heterocycles. The van der Waals surface area contributed by atoms with Crippen molar-refractivity contribution in [3.05, 3.63) is 42.3 Å². The Balaban J connectivity index is 2.15. The molecular formula is C12H17N2O. The van der Waals surface area contributed by atoms with E-state index in [4.69, 9.17) is 5.73 Å². The maximum absolute atomic E-state index is 10.7. The highest BCUT2D eigenvalue weighted by molar-refractivity contribution is 5.71. The molecule has 3 nitrogen and oxygen atoms in total. The van der Waals surface area contributed by atoms with Crippen LogP contribution in [-0.2, 0) is 6.42 Å². The van der Waals surface area contributed by atoms with Gasteiger partial charge in [-0.2, -0.15) is 0 Å². The van der Waals surface area contributed by atoms with Gasteiger partial charge in [0.2, 0.25) is 0 Å². The molecule has 0 saturated carbocycles. The number of nitrogens with two attached hydrogens (primary N) is 1. The normalized spacial score (nSPS) is 9.93. The number of hydrogen-bond acceptors (Lipinski definition) is 1. The molecular weight excluding hydrogens is 188 g/mol. The highest BCUT2D eigenvalue weighted by atomic mass is 16.2. The largest absolute Gasteiger partial charge is 0.351 e. The molecule has 1 radical (unpaired) electrons. The minimum atomic E-state index is -0.383. The van der Waals surface area contributed by atoms with Gasteiger partial charge in [-0.25, -0.2) is 4.79 Å². The van der Waals surface area contributed by atoms with Gasteiger partial charge in [0.05, 0.1) is 0 Å². The summed E-state index contributed by atoms with van der Waals surface area (Å²) in [5.74, 6) is 0. The maximum atomic E-state index is 10.7. The smallest absolute Gasteiger partial charge is 0.314 e. The topological polar surface area (TPSA) is 46.3 Å². The number of carbonyl (C=O) groups excluding carboxylic acids is 1. The second-order valence-electron chi connectivity index (χ2n) is 3.53. The summed E-state index contributed by atoms with van der Waals surface area (Å²) in [4.78, 5) is 12.2. The summed E-state index contributed by atoms with van der Waals surface area (Å²) in [6, 6.07) is 9.90. The van der Waals surface area contributed by atoms with E-state index < -0.39 is 0 Å². The number of hydrogen-bond donors (Lipinski definition) is 1. The zero-order valence-corrected chi connectivity index (χ0v) is 9.02. The Labute approximate surface area is 90.9 Å². The van der Waals surface area contributed by atoms with Gasteiger partial charge >= 0.3 is 6.03 Å². The van der Waals surface area contributed by atoms with Crippen LogP contribution in [0, 0.1) is 6.42 Å². The molecule has 0 aliphatic carbocycles. The van der Waals surface area contributed by atoms with Crippen LogP contribution in [0.5, 0.6) is 0 Å². The molecule has 0 fully saturated rings. The lowest BCUT2D eigenvalue weighted by Gasteiger charge is -2.13. The number of aryl methyl sites for hydroxylation is 1. The molecule has 81 valence electrons. The van der Waals surface area contributed by atoms with Crippen molar-refractivity contribution in [3.8, 4) is 0 Å². The van der Waals surface area contributed by atoms with Crippen molar-refractivity contribution in [1.82, 2.24) is 4.90 Å². The molecule has 1 aromatic rings. The lowest BCUT2D eigenvalue weighted by molar-refractivity contribution is 0.221. The number of unbranched alkanes of at least 4 members (excludes halogenated alkanes) is 1. The molecule has 0 aromatic heterocycles. The molecule has 0 spiro atoms. The van der Waals surface area contributed by atoms with Crippen molar-refractivity contribution in [1.29, 1.82) is 0 Å². The van der Waals surface area contributed by atoms with E-state index in [-0.39, 0.29) is 6.03 Å². The van der Waals surface area contributed by atoms with Crippen molar-refractivity contribution in [2.75, 3.05) is 13.6 Å². The van der Waals surface area contributed by atoms with Crippen LogP contribution in [0.2, 0.25) is 0 Å². The lowest BCUT2D eigenvalue weighted by Crippen LogP contribution is -2.32. The van der Waals surface area contributed by atoms with Crippen LogP contribution in [-0.4, -0.2) is 24.5 Å². The Morgan fingerprint density at radius 2 is 2.07 bits per heavy atom. The van der Waals surface area contributed by atoms with Crippen LogP contribution < -0.4 is 5.73 Å². The minimum absolute atomic E-state index is 0.383. The van der Waals surface area contributed by atoms with E-state index in [1.165, 1.54) is 10.5 Å².